The van der Waals surface area contributed by atoms with Gasteiger partial charge in [-0.25, -0.2) is 0 Å². The van der Waals surface area contributed by atoms with E-state index in [0.717, 1.165) is 44.5 Å². The van der Waals surface area contributed by atoms with Gasteiger partial charge in [-0.05, 0) is 42.9 Å². The molecule has 1 aromatic heterocycles. The first-order valence-corrected chi connectivity index (χ1v) is 11.5. The minimum Gasteiger partial charge on any atom is -0.373 e. The third-order valence-electron chi connectivity index (χ3n) is 7.02. The van der Waals surface area contributed by atoms with E-state index in [9.17, 15) is 4.79 Å². The van der Waals surface area contributed by atoms with Crippen LogP contribution in [-0.4, -0.2) is 59.7 Å². The van der Waals surface area contributed by atoms with E-state index in [1.807, 2.05) is 12.1 Å². The maximum atomic E-state index is 12.3. The van der Waals surface area contributed by atoms with E-state index >= 15 is 0 Å². The number of carbonyl (C=O) groups is 1. The van der Waals surface area contributed by atoms with Crippen LogP contribution in [0.5, 0.6) is 0 Å². The molecule has 3 aliphatic rings. The van der Waals surface area contributed by atoms with Crippen molar-refractivity contribution >= 4 is 5.91 Å². The maximum absolute atomic E-state index is 12.3. The molecule has 2 aliphatic heterocycles. The summed E-state index contributed by atoms with van der Waals surface area (Å²) in [7, 11) is 0. The average Bonchev–Trinajstić information content (AvgIpc) is 3.47. The molecule has 1 amide bonds. The van der Waals surface area contributed by atoms with Crippen LogP contribution in [-0.2, 0) is 16.1 Å². The zero-order chi connectivity index (χ0) is 21.1. The maximum Gasteiger partial charge on any atom is 0.234 e. The Labute approximate surface area is 184 Å². The van der Waals surface area contributed by atoms with Gasteiger partial charge in [0, 0.05) is 50.0 Å². The normalized spacial score (nSPS) is 27.3. The second kappa shape index (κ2) is 9.07. The summed E-state index contributed by atoms with van der Waals surface area (Å²) in [5, 5.41) is 6.84. The lowest BCUT2D eigenvalue weighted by molar-refractivity contribution is -0.123. The van der Waals surface area contributed by atoms with Crippen molar-refractivity contribution in [3.8, 4) is 0 Å². The van der Waals surface area contributed by atoms with Crippen molar-refractivity contribution in [1.82, 2.24) is 20.5 Å². The molecule has 3 heterocycles. The van der Waals surface area contributed by atoms with Crippen LogP contribution in [0.3, 0.4) is 0 Å². The first kappa shape index (κ1) is 20.6. The molecule has 3 unspecified atom stereocenters. The van der Waals surface area contributed by atoms with Gasteiger partial charge in [-0.1, -0.05) is 36.4 Å². The van der Waals surface area contributed by atoms with E-state index in [2.05, 4.69) is 50.8 Å². The molecular formula is C25H32N4O2. The molecule has 1 aromatic carbocycles. The fraction of sp³-hybridized carbons (Fsp3) is 0.520. The number of hydrogen-bond acceptors (Lipinski definition) is 5. The van der Waals surface area contributed by atoms with E-state index < -0.39 is 0 Å². The number of carbonyl (C=O) groups excluding carboxylic acids is 1. The number of benzene rings is 1. The number of rotatable bonds is 7. The summed E-state index contributed by atoms with van der Waals surface area (Å²) >= 11 is 0. The number of likely N-dealkylation sites (tertiary alicyclic amines) is 1. The highest BCUT2D eigenvalue weighted by atomic mass is 16.5. The summed E-state index contributed by atoms with van der Waals surface area (Å²) in [6.07, 6.45) is 7.87. The standard InChI is InChI=1S/C25H32N4O2/c30-24(27-16-19-5-4-10-26-15-19)17-29-11-8-25(9-12-29)14-21(18-31-25)28-23-13-22(23)20-6-2-1-3-7-20/h1-7,10,15,21-23,28H,8-9,11-14,16-18H2,(H,27,30). The van der Waals surface area contributed by atoms with Gasteiger partial charge in [0.15, 0.2) is 0 Å². The van der Waals surface area contributed by atoms with Crippen LogP contribution in [0.2, 0.25) is 0 Å². The second-order valence-corrected chi connectivity index (χ2v) is 9.34. The van der Waals surface area contributed by atoms with Crippen LogP contribution in [0.1, 0.15) is 42.7 Å². The topological polar surface area (TPSA) is 66.5 Å². The van der Waals surface area contributed by atoms with Crippen molar-refractivity contribution in [3.05, 3.63) is 66.0 Å². The smallest absolute Gasteiger partial charge is 0.234 e. The quantitative estimate of drug-likeness (QED) is 0.720. The molecule has 3 atom stereocenters. The molecule has 31 heavy (non-hydrogen) atoms. The van der Waals surface area contributed by atoms with Crippen molar-refractivity contribution in [2.45, 2.75) is 55.8 Å². The zero-order valence-electron chi connectivity index (χ0n) is 18.0. The number of nitrogens with one attached hydrogen (secondary N) is 2. The highest BCUT2D eigenvalue weighted by molar-refractivity contribution is 5.78. The second-order valence-electron chi connectivity index (χ2n) is 9.34. The zero-order valence-corrected chi connectivity index (χ0v) is 18.0. The predicted octanol–water partition coefficient (Wildman–Crippen LogP) is 2.47. The Morgan fingerprint density at radius 1 is 1.16 bits per heavy atom. The minimum absolute atomic E-state index is 0.00250. The average molecular weight is 421 g/mol. The SMILES string of the molecule is O=C(CN1CCC2(CC1)CC(NC1CC1c1ccccc1)CO2)NCc1cccnc1. The molecule has 2 aromatic rings. The fourth-order valence-electron chi connectivity index (χ4n) is 5.13. The monoisotopic (exact) mass is 420 g/mol. The first-order chi connectivity index (χ1) is 15.2. The summed E-state index contributed by atoms with van der Waals surface area (Å²) in [6, 6.07) is 15.7. The molecule has 1 saturated carbocycles. The molecule has 6 heteroatoms. The number of nitrogens with zero attached hydrogens (tertiary/aromatic N) is 2. The lowest BCUT2D eigenvalue weighted by Gasteiger charge is -2.38. The molecule has 0 radical (unpaired) electrons. The molecule has 164 valence electrons. The van der Waals surface area contributed by atoms with Crippen LogP contribution in [0.4, 0.5) is 0 Å². The molecule has 1 spiro atoms. The van der Waals surface area contributed by atoms with E-state index in [4.69, 9.17) is 4.74 Å². The summed E-state index contributed by atoms with van der Waals surface area (Å²) < 4.78 is 6.33. The number of amides is 1. The highest BCUT2D eigenvalue weighted by Gasteiger charge is 2.46. The van der Waals surface area contributed by atoms with Crippen molar-refractivity contribution in [1.29, 1.82) is 0 Å². The summed E-state index contributed by atoms with van der Waals surface area (Å²) in [6.45, 7) is 3.64. The van der Waals surface area contributed by atoms with E-state index in [1.165, 1.54) is 12.0 Å². The molecule has 3 fully saturated rings. The fourth-order valence-corrected chi connectivity index (χ4v) is 5.13. The lowest BCUT2D eigenvalue weighted by atomic mass is 9.87. The molecule has 1 aliphatic carbocycles. The molecule has 2 N–H and O–H groups in total. The van der Waals surface area contributed by atoms with Crippen molar-refractivity contribution in [3.63, 3.8) is 0 Å². The van der Waals surface area contributed by atoms with Crippen molar-refractivity contribution < 1.29 is 9.53 Å². The van der Waals surface area contributed by atoms with Gasteiger partial charge in [0.25, 0.3) is 0 Å². The molecule has 0 bridgehead atoms. The van der Waals surface area contributed by atoms with Crippen LogP contribution in [0.25, 0.3) is 0 Å². The van der Waals surface area contributed by atoms with E-state index in [0.29, 0.717) is 31.1 Å². The Morgan fingerprint density at radius 3 is 2.77 bits per heavy atom. The van der Waals surface area contributed by atoms with Crippen LogP contribution >= 0.6 is 0 Å². The third-order valence-corrected chi connectivity index (χ3v) is 7.02. The van der Waals surface area contributed by atoms with Crippen LogP contribution in [0, 0.1) is 0 Å². The Morgan fingerprint density at radius 2 is 2.00 bits per heavy atom. The Hall–Kier alpha value is -2.28. The van der Waals surface area contributed by atoms with Gasteiger partial charge in [0.1, 0.15) is 0 Å². The van der Waals surface area contributed by atoms with Crippen molar-refractivity contribution in [2.24, 2.45) is 0 Å². The molecule has 5 rings (SSSR count). The predicted molar refractivity (Wildman–Crippen MR) is 120 cm³/mol. The minimum atomic E-state index is -0.00250. The molecular weight excluding hydrogens is 388 g/mol. The van der Waals surface area contributed by atoms with Gasteiger partial charge in [0.05, 0.1) is 18.8 Å². The summed E-state index contributed by atoms with van der Waals surface area (Å²) in [5.74, 6) is 0.733. The van der Waals surface area contributed by atoms with E-state index in [-0.39, 0.29) is 11.5 Å². The lowest BCUT2D eigenvalue weighted by Crippen LogP contribution is -2.47. The number of aromatic nitrogens is 1. The summed E-state index contributed by atoms with van der Waals surface area (Å²) in [4.78, 5) is 18.6. The van der Waals surface area contributed by atoms with Gasteiger partial charge in [-0.15, -0.1) is 0 Å². The van der Waals surface area contributed by atoms with Crippen molar-refractivity contribution in [2.75, 3.05) is 26.2 Å². The Balaban J connectivity index is 1.03. The summed E-state index contributed by atoms with van der Waals surface area (Å²) in [5.41, 5.74) is 2.47. The highest BCUT2D eigenvalue weighted by Crippen LogP contribution is 2.43. The number of pyridine rings is 1. The third kappa shape index (κ3) is 5.14. The Bertz CT molecular complexity index is 868. The number of ether oxygens (including phenoxy) is 1. The van der Waals surface area contributed by atoms with Gasteiger partial charge < -0.3 is 15.4 Å². The number of hydrogen-bond donors (Lipinski definition) is 2. The van der Waals surface area contributed by atoms with E-state index in [1.54, 1.807) is 12.4 Å². The van der Waals surface area contributed by atoms with Gasteiger partial charge in [-0.2, -0.15) is 0 Å². The van der Waals surface area contributed by atoms with Gasteiger partial charge >= 0.3 is 0 Å². The largest absolute Gasteiger partial charge is 0.373 e. The molecule has 2 saturated heterocycles. The first-order valence-electron chi connectivity index (χ1n) is 11.5. The van der Waals surface area contributed by atoms with Crippen LogP contribution in [0.15, 0.2) is 54.9 Å². The number of piperidine rings is 1. The molecule has 6 nitrogen and oxygen atoms in total. The Kier molecular flexibility index (Phi) is 6.03. The van der Waals surface area contributed by atoms with Crippen LogP contribution < -0.4 is 10.6 Å². The van der Waals surface area contributed by atoms with Gasteiger partial charge in [-0.3, -0.25) is 14.7 Å². The van der Waals surface area contributed by atoms with Gasteiger partial charge in [0.2, 0.25) is 5.91 Å².